The van der Waals surface area contributed by atoms with Crippen LogP contribution in [0.2, 0.25) is 0 Å². The summed E-state index contributed by atoms with van der Waals surface area (Å²) in [6, 6.07) is 8.18. The maximum atomic E-state index is 12.4. The molecule has 1 aromatic heterocycles. The first kappa shape index (κ1) is 16.6. The van der Waals surface area contributed by atoms with Crippen molar-refractivity contribution in [2.24, 2.45) is 5.41 Å². The number of amides is 2. The second-order valence-electron chi connectivity index (χ2n) is 6.48. The fraction of sp³-hybridized carbons (Fsp3) is 0.389. The second kappa shape index (κ2) is 6.73. The van der Waals surface area contributed by atoms with Crippen molar-refractivity contribution in [3.63, 3.8) is 0 Å². The zero-order valence-corrected chi connectivity index (χ0v) is 14.7. The fourth-order valence-electron chi connectivity index (χ4n) is 2.80. The standard InChI is InChI=1S/C18H21N3O2S/c1-12-16(24-11-21-12)14-5-3-13(4-6-14)9-19-17(23)18(2)8-7-15(22)20-10-18/h3-6,11H,7-10H2,1-2H3,(H,19,23)(H,20,22). The minimum atomic E-state index is -0.520. The Balaban J connectivity index is 1.60. The van der Waals surface area contributed by atoms with Crippen LogP contribution < -0.4 is 10.6 Å². The highest BCUT2D eigenvalue weighted by Gasteiger charge is 2.36. The lowest BCUT2D eigenvalue weighted by molar-refractivity contribution is -0.134. The van der Waals surface area contributed by atoms with Gasteiger partial charge in [0.15, 0.2) is 0 Å². The Morgan fingerprint density at radius 3 is 2.71 bits per heavy atom. The van der Waals surface area contributed by atoms with Gasteiger partial charge in [-0.25, -0.2) is 4.98 Å². The summed E-state index contributed by atoms with van der Waals surface area (Å²) in [6.07, 6.45) is 1.00. The minimum Gasteiger partial charge on any atom is -0.355 e. The SMILES string of the molecule is Cc1ncsc1-c1ccc(CNC(=O)C2(C)CCC(=O)NC2)cc1. The van der Waals surface area contributed by atoms with Crippen LogP contribution in [0.4, 0.5) is 0 Å². The number of hydrogen-bond acceptors (Lipinski definition) is 4. The first-order valence-electron chi connectivity index (χ1n) is 8.02. The number of rotatable bonds is 4. The van der Waals surface area contributed by atoms with Gasteiger partial charge in [0, 0.05) is 19.5 Å². The van der Waals surface area contributed by atoms with Crippen molar-refractivity contribution in [2.45, 2.75) is 33.2 Å². The quantitative estimate of drug-likeness (QED) is 0.896. The average Bonchev–Trinajstić information content (AvgIpc) is 3.02. The van der Waals surface area contributed by atoms with E-state index in [0.717, 1.165) is 16.8 Å². The number of nitrogens with one attached hydrogen (secondary N) is 2. The third-order valence-electron chi connectivity index (χ3n) is 4.54. The van der Waals surface area contributed by atoms with E-state index in [4.69, 9.17) is 0 Å². The van der Waals surface area contributed by atoms with Gasteiger partial charge in [-0.3, -0.25) is 9.59 Å². The molecule has 0 radical (unpaired) electrons. The second-order valence-corrected chi connectivity index (χ2v) is 7.34. The van der Waals surface area contributed by atoms with Crippen molar-refractivity contribution in [3.05, 3.63) is 41.0 Å². The van der Waals surface area contributed by atoms with Gasteiger partial charge in [0.2, 0.25) is 11.8 Å². The highest BCUT2D eigenvalue weighted by molar-refractivity contribution is 7.13. The van der Waals surface area contributed by atoms with Crippen LogP contribution in [0.3, 0.4) is 0 Å². The first-order valence-corrected chi connectivity index (χ1v) is 8.90. The molecule has 126 valence electrons. The number of aryl methyl sites for hydroxylation is 1. The van der Waals surface area contributed by atoms with E-state index in [1.54, 1.807) is 11.3 Å². The monoisotopic (exact) mass is 343 g/mol. The van der Waals surface area contributed by atoms with Gasteiger partial charge in [0.05, 0.1) is 21.5 Å². The Labute approximate surface area is 145 Å². The summed E-state index contributed by atoms with van der Waals surface area (Å²) in [7, 11) is 0. The summed E-state index contributed by atoms with van der Waals surface area (Å²) in [6.45, 7) is 4.80. The molecule has 2 N–H and O–H groups in total. The maximum Gasteiger partial charge on any atom is 0.228 e. The highest BCUT2D eigenvalue weighted by atomic mass is 32.1. The van der Waals surface area contributed by atoms with Crippen LogP contribution in [-0.2, 0) is 16.1 Å². The topological polar surface area (TPSA) is 71.1 Å². The highest BCUT2D eigenvalue weighted by Crippen LogP contribution is 2.28. The van der Waals surface area contributed by atoms with Crippen LogP contribution in [-0.4, -0.2) is 23.3 Å². The summed E-state index contributed by atoms with van der Waals surface area (Å²) in [5.41, 5.74) is 4.56. The zero-order chi connectivity index (χ0) is 17.2. The molecule has 0 saturated carbocycles. The predicted molar refractivity (Wildman–Crippen MR) is 94.5 cm³/mol. The summed E-state index contributed by atoms with van der Waals surface area (Å²) >= 11 is 1.63. The maximum absolute atomic E-state index is 12.4. The molecule has 0 bridgehead atoms. The molecular weight excluding hydrogens is 322 g/mol. The molecular formula is C18H21N3O2S. The fourth-order valence-corrected chi connectivity index (χ4v) is 3.61. The van der Waals surface area contributed by atoms with Crippen molar-refractivity contribution < 1.29 is 9.59 Å². The predicted octanol–water partition coefficient (Wildman–Crippen LogP) is 2.65. The van der Waals surface area contributed by atoms with Crippen LogP contribution in [0, 0.1) is 12.3 Å². The van der Waals surface area contributed by atoms with Gasteiger partial charge in [0.25, 0.3) is 0 Å². The van der Waals surface area contributed by atoms with Gasteiger partial charge in [0.1, 0.15) is 0 Å². The van der Waals surface area contributed by atoms with Crippen LogP contribution in [0.15, 0.2) is 29.8 Å². The Kier molecular flexibility index (Phi) is 4.66. The molecule has 24 heavy (non-hydrogen) atoms. The van der Waals surface area contributed by atoms with Crippen molar-refractivity contribution in [1.29, 1.82) is 0 Å². The van der Waals surface area contributed by atoms with E-state index in [-0.39, 0.29) is 11.8 Å². The normalized spacial score (nSPS) is 20.5. The van der Waals surface area contributed by atoms with E-state index in [1.165, 1.54) is 4.88 Å². The first-order chi connectivity index (χ1) is 11.5. The van der Waals surface area contributed by atoms with Crippen molar-refractivity contribution in [1.82, 2.24) is 15.6 Å². The van der Waals surface area contributed by atoms with E-state index < -0.39 is 5.41 Å². The summed E-state index contributed by atoms with van der Waals surface area (Å²) in [5, 5.41) is 5.77. The van der Waals surface area contributed by atoms with E-state index >= 15 is 0 Å². The number of aromatic nitrogens is 1. The van der Waals surface area contributed by atoms with Gasteiger partial charge in [-0.15, -0.1) is 11.3 Å². The van der Waals surface area contributed by atoms with E-state index in [0.29, 0.717) is 25.9 Å². The summed E-state index contributed by atoms with van der Waals surface area (Å²) < 4.78 is 0. The number of benzene rings is 1. The zero-order valence-electron chi connectivity index (χ0n) is 13.9. The molecule has 6 heteroatoms. The molecule has 1 fully saturated rings. The smallest absolute Gasteiger partial charge is 0.228 e. The van der Waals surface area contributed by atoms with Gasteiger partial charge >= 0.3 is 0 Å². The molecule has 2 heterocycles. The molecule has 1 aliphatic heterocycles. The number of hydrogen-bond donors (Lipinski definition) is 2. The van der Waals surface area contributed by atoms with Crippen molar-refractivity contribution >= 4 is 23.2 Å². The van der Waals surface area contributed by atoms with E-state index in [9.17, 15) is 9.59 Å². The lowest BCUT2D eigenvalue weighted by Gasteiger charge is -2.32. The van der Waals surface area contributed by atoms with Gasteiger partial charge in [-0.2, -0.15) is 0 Å². The molecule has 2 amide bonds. The Morgan fingerprint density at radius 1 is 1.38 bits per heavy atom. The number of carbonyl (C=O) groups excluding carboxylic acids is 2. The summed E-state index contributed by atoms with van der Waals surface area (Å²) in [5.74, 6) is 0.0131. The molecule has 0 spiro atoms. The Hall–Kier alpha value is -2.21. The number of nitrogens with zero attached hydrogens (tertiary/aromatic N) is 1. The number of thiazole rings is 1. The molecule has 1 unspecified atom stereocenters. The van der Waals surface area contributed by atoms with Gasteiger partial charge in [-0.1, -0.05) is 24.3 Å². The minimum absolute atomic E-state index is 0.00937. The molecule has 1 aliphatic rings. The third-order valence-corrected chi connectivity index (χ3v) is 5.52. The van der Waals surface area contributed by atoms with Crippen molar-refractivity contribution in [3.8, 4) is 10.4 Å². The van der Waals surface area contributed by atoms with Crippen LogP contribution in [0.1, 0.15) is 31.0 Å². The molecule has 5 nitrogen and oxygen atoms in total. The molecule has 3 rings (SSSR count). The van der Waals surface area contributed by atoms with Crippen molar-refractivity contribution in [2.75, 3.05) is 6.54 Å². The molecule has 1 saturated heterocycles. The summed E-state index contributed by atoms with van der Waals surface area (Å²) in [4.78, 5) is 29.1. The van der Waals surface area contributed by atoms with Crippen LogP contribution >= 0.6 is 11.3 Å². The van der Waals surface area contributed by atoms with Crippen LogP contribution in [0.25, 0.3) is 10.4 Å². The van der Waals surface area contributed by atoms with E-state index in [2.05, 4.69) is 27.8 Å². The molecule has 2 aromatic rings. The largest absolute Gasteiger partial charge is 0.355 e. The Morgan fingerprint density at radius 2 is 2.12 bits per heavy atom. The number of carbonyl (C=O) groups is 2. The third kappa shape index (κ3) is 3.48. The average molecular weight is 343 g/mol. The van der Waals surface area contributed by atoms with Crippen LogP contribution in [0.5, 0.6) is 0 Å². The lowest BCUT2D eigenvalue weighted by Crippen LogP contribution is -2.50. The van der Waals surface area contributed by atoms with Gasteiger partial charge in [-0.05, 0) is 31.4 Å². The number of piperidine rings is 1. The molecule has 1 aromatic carbocycles. The van der Waals surface area contributed by atoms with E-state index in [1.807, 2.05) is 31.5 Å². The lowest BCUT2D eigenvalue weighted by atomic mass is 9.81. The van der Waals surface area contributed by atoms with Gasteiger partial charge < -0.3 is 10.6 Å². The Bertz CT molecular complexity index is 742. The molecule has 1 atom stereocenters. The molecule has 0 aliphatic carbocycles.